The summed E-state index contributed by atoms with van der Waals surface area (Å²) >= 11 is 1.91. The summed E-state index contributed by atoms with van der Waals surface area (Å²) in [5.41, 5.74) is 2.69. The number of aliphatic hydroxyl groups is 1. The van der Waals surface area contributed by atoms with Crippen LogP contribution in [0.2, 0.25) is 0 Å². The summed E-state index contributed by atoms with van der Waals surface area (Å²) in [5, 5.41) is 9.84. The molecule has 2 nitrogen and oxygen atoms in total. The van der Waals surface area contributed by atoms with Crippen molar-refractivity contribution in [2.24, 2.45) is 5.41 Å². The van der Waals surface area contributed by atoms with Crippen LogP contribution in [0.4, 0.5) is 0 Å². The summed E-state index contributed by atoms with van der Waals surface area (Å²) in [6, 6.07) is 8.64. The molecule has 0 bridgehead atoms. The van der Waals surface area contributed by atoms with Crippen LogP contribution >= 0.6 is 11.8 Å². The van der Waals surface area contributed by atoms with Gasteiger partial charge < -0.3 is 9.84 Å². The van der Waals surface area contributed by atoms with Crippen molar-refractivity contribution < 1.29 is 9.84 Å². The van der Waals surface area contributed by atoms with Gasteiger partial charge in [-0.15, -0.1) is 0 Å². The van der Waals surface area contributed by atoms with Crippen LogP contribution in [0.25, 0.3) is 0 Å². The third-order valence-corrected chi connectivity index (χ3v) is 4.85. The molecule has 0 aliphatic carbocycles. The van der Waals surface area contributed by atoms with Gasteiger partial charge in [0.25, 0.3) is 0 Å². The minimum absolute atomic E-state index is 0.0166. The minimum Gasteiger partial charge on any atom is -0.396 e. The van der Waals surface area contributed by atoms with E-state index in [1.54, 1.807) is 0 Å². The normalized spacial score (nSPS) is 19.7. The van der Waals surface area contributed by atoms with Crippen molar-refractivity contribution in [1.29, 1.82) is 0 Å². The quantitative estimate of drug-likeness (QED) is 0.874. The molecule has 0 spiro atoms. The molecule has 1 saturated heterocycles. The number of thioether (sulfide) groups is 1. The van der Waals surface area contributed by atoms with Crippen LogP contribution in [0, 0.1) is 12.3 Å². The highest BCUT2D eigenvalue weighted by Crippen LogP contribution is 2.37. The maximum Gasteiger partial charge on any atom is 0.0575 e. The van der Waals surface area contributed by atoms with Gasteiger partial charge >= 0.3 is 0 Å². The number of hydrogen-bond acceptors (Lipinski definition) is 3. The molecular formula is C14H20O2S. The topological polar surface area (TPSA) is 29.5 Å². The molecule has 1 heterocycles. The SMILES string of the molecule is Cc1cccc(C(C)SCC2(CO)COC2)c1. The van der Waals surface area contributed by atoms with E-state index in [9.17, 15) is 5.11 Å². The minimum atomic E-state index is 0.0166. The van der Waals surface area contributed by atoms with Crippen LogP contribution in [0.5, 0.6) is 0 Å². The number of aryl methyl sites for hydroxylation is 1. The highest BCUT2D eigenvalue weighted by molar-refractivity contribution is 7.99. The Bertz CT molecular complexity index is 369. The molecular weight excluding hydrogens is 232 g/mol. The van der Waals surface area contributed by atoms with Crippen LogP contribution in [0.1, 0.15) is 23.3 Å². The lowest BCUT2D eigenvalue weighted by Crippen LogP contribution is -2.47. The fourth-order valence-electron chi connectivity index (χ4n) is 1.93. The Labute approximate surface area is 107 Å². The van der Waals surface area contributed by atoms with Gasteiger partial charge in [-0.05, 0) is 19.4 Å². The summed E-state index contributed by atoms with van der Waals surface area (Å²) in [6.45, 7) is 5.99. The second kappa shape index (κ2) is 5.42. The molecule has 0 saturated carbocycles. The molecule has 1 aliphatic rings. The van der Waals surface area contributed by atoms with Crippen molar-refractivity contribution in [3.63, 3.8) is 0 Å². The van der Waals surface area contributed by atoms with Crippen molar-refractivity contribution in [2.75, 3.05) is 25.6 Å². The first-order chi connectivity index (χ1) is 8.15. The number of aliphatic hydroxyl groups excluding tert-OH is 1. The lowest BCUT2D eigenvalue weighted by atomic mass is 9.90. The maximum atomic E-state index is 9.37. The van der Waals surface area contributed by atoms with Gasteiger partial charge in [-0.3, -0.25) is 0 Å². The Morgan fingerprint density at radius 2 is 2.24 bits per heavy atom. The van der Waals surface area contributed by atoms with Gasteiger partial charge in [0.1, 0.15) is 0 Å². The Hall–Kier alpha value is -0.510. The molecule has 0 amide bonds. The first-order valence-corrected chi connectivity index (χ1v) is 7.07. The standard InChI is InChI=1S/C14H20O2S/c1-11-4-3-5-13(6-11)12(2)17-10-14(7-15)8-16-9-14/h3-6,12,15H,7-10H2,1-2H3. The molecule has 1 N–H and O–H groups in total. The molecule has 1 atom stereocenters. The number of ether oxygens (including phenoxy) is 1. The van der Waals surface area contributed by atoms with Gasteiger partial charge in [-0.2, -0.15) is 11.8 Å². The van der Waals surface area contributed by atoms with Gasteiger partial charge in [-0.1, -0.05) is 29.8 Å². The smallest absolute Gasteiger partial charge is 0.0575 e. The third kappa shape index (κ3) is 3.03. The average molecular weight is 252 g/mol. The van der Waals surface area contributed by atoms with Crippen molar-refractivity contribution in [3.8, 4) is 0 Å². The van der Waals surface area contributed by atoms with E-state index in [1.165, 1.54) is 11.1 Å². The monoisotopic (exact) mass is 252 g/mol. The molecule has 1 fully saturated rings. The second-order valence-corrected chi connectivity index (χ2v) is 6.35. The fourth-order valence-corrected chi connectivity index (χ4v) is 3.13. The van der Waals surface area contributed by atoms with E-state index in [-0.39, 0.29) is 12.0 Å². The zero-order valence-corrected chi connectivity index (χ0v) is 11.3. The molecule has 1 unspecified atom stereocenters. The first-order valence-electron chi connectivity index (χ1n) is 6.02. The lowest BCUT2D eigenvalue weighted by molar-refractivity contribution is -0.121. The Morgan fingerprint density at radius 1 is 1.47 bits per heavy atom. The van der Waals surface area contributed by atoms with E-state index in [0.717, 1.165) is 5.75 Å². The predicted molar refractivity (Wildman–Crippen MR) is 72.4 cm³/mol. The van der Waals surface area contributed by atoms with Crippen molar-refractivity contribution in [3.05, 3.63) is 35.4 Å². The van der Waals surface area contributed by atoms with Gasteiger partial charge in [-0.25, -0.2) is 0 Å². The molecule has 1 aliphatic heterocycles. The number of benzene rings is 1. The predicted octanol–water partition coefficient (Wildman–Crippen LogP) is 2.80. The highest BCUT2D eigenvalue weighted by Gasteiger charge is 2.38. The van der Waals surface area contributed by atoms with Gasteiger partial charge in [0.15, 0.2) is 0 Å². The summed E-state index contributed by atoms with van der Waals surface area (Å²) in [7, 11) is 0. The van der Waals surface area contributed by atoms with Crippen molar-refractivity contribution >= 4 is 11.8 Å². The second-order valence-electron chi connectivity index (χ2n) is 5.02. The molecule has 2 rings (SSSR count). The first kappa shape index (κ1) is 12.9. The Morgan fingerprint density at radius 3 is 2.76 bits per heavy atom. The summed E-state index contributed by atoms with van der Waals surface area (Å²) in [5.74, 6) is 0.971. The van der Waals surface area contributed by atoms with E-state index in [0.29, 0.717) is 18.5 Å². The molecule has 0 aromatic heterocycles. The van der Waals surface area contributed by atoms with Crippen LogP contribution in [-0.2, 0) is 4.74 Å². The Kier molecular flexibility index (Phi) is 4.13. The van der Waals surface area contributed by atoms with Gasteiger partial charge in [0.2, 0.25) is 0 Å². The number of rotatable bonds is 5. The van der Waals surface area contributed by atoms with Crippen LogP contribution in [0.3, 0.4) is 0 Å². The van der Waals surface area contributed by atoms with Gasteiger partial charge in [0, 0.05) is 16.4 Å². The van der Waals surface area contributed by atoms with E-state index >= 15 is 0 Å². The average Bonchev–Trinajstić information content (AvgIpc) is 2.28. The van der Waals surface area contributed by atoms with E-state index in [2.05, 4.69) is 38.1 Å². The summed E-state index contributed by atoms with van der Waals surface area (Å²) < 4.78 is 5.21. The fraction of sp³-hybridized carbons (Fsp3) is 0.571. The summed E-state index contributed by atoms with van der Waals surface area (Å²) in [4.78, 5) is 0. The third-order valence-electron chi connectivity index (χ3n) is 3.30. The van der Waals surface area contributed by atoms with Crippen molar-refractivity contribution in [1.82, 2.24) is 0 Å². The summed E-state index contributed by atoms with van der Waals surface area (Å²) in [6.07, 6.45) is 0. The van der Waals surface area contributed by atoms with Crippen LogP contribution in [0.15, 0.2) is 24.3 Å². The molecule has 1 aromatic rings. The van der Waals surface area contributed by atoms with E-state index in [4.69, 9.17) is 4.74 Å². The largest absolute Gasteiger partial charge is 0.396 e. The molecule has 17 heavy (non-hydrogen) atoms. The van der Waals surface area contributed by atoms with Gasteiger partial charge in [0.05, 0.1) is 19.8 Å². The zero-order chi connectivity index (χ0) is 12.3. The molecule has 3 heteroatoms. The van der Waals surface area contributed by atoms with E-state index < -0.39 is 0 Å². The molecule has 0 radical (unpaired) electrons. The van der Waals surface area contributed by atoms with Crippen molar-refractivity contribution in [2.45, 2.75) is 19.1 Å². The van der Waals surface area contributed by atoms with Crippen LogP contribution in [-0.4, -0.2) is 30.7 Å². The zero-order valence-electron chi connectivity index (χ0n) is 10.5. The maximum absolute atomic E-state index is 9.37. The van der Waals surface area contributed by atoms with E-state index in [1.807, 2.05) is 11.8 Å². The highest BCUT2D eigenvalue weighted by atomic mass is 32.2. The van der Waals surface area contributed by atoms with Crippen LogP contribution < -0.4 is 0 Å². The molecule has 94 valence electrons. The molecule has 1 aromatic carbocycles. The Balaban J connectivity index is 1.91. The number of hydrogen-bond donors (Lipinski definition) is 1. The lowest BCUT2D eigenvalue weighted by Gasteiger charge is -2.40.